The molecular formula is C18H24N4O2S. The molecule has 1 fully saturated rings. The van der Waals surface area contributed by atoms with Gasteiger partial charge in [0.05, 0.1) is 0 Å². The Balaban J connectivity index is 1.65. The normalized spacial score (nSPS) is 18.3. The third-order valence-electron chi connectivity index (χ3n) is 3.97. The molecule has 6 nitrogen and oxygen atoms in total. The number of aromatic nitrogens is 2. The monoisotopic (exact) mass is 360 g/mol. The summed E-state index contributed by atoms with van der Waals surface area (Å²) in [4.78, 5) is 21.0. The van der Waals surface area contributed by atoms with E-state index in [2.05, 4.69) is 14.3 Å². The van der Waals surface area contributed by atoms with Gasteiger partial charge in [-0.15, -0.1) is 0 Å². The highest BCUT2D eigenvalue weighted by Crippen LogP contribution is 2.26. The summed E-state index contributed by atoms with van der Waals surface area (Å²) in [5, 5.41) is 0.898. The van der Waals surface area contributed by atoms with E-state index in [-0.39, 0.29) is 12.1 Å². The minimum absolute atomic E-state index is 0.0627. The molecule has 0 N–H and O–H groups in total. The van der Waals surface area contributed by atoms with Gasteiger partial charge < -0.3 is 14.5 Å². The van der Waals surface area contributed by atoms with E-state index in [0.717, 1.165) is 29.6 Å². The average Bonchev–Trinajstić information content (AvgIpc) is 3.04. The van der Waals surface area contributed by atoms with Crippen LogP contribution in [0.3, 0.4) is 0 Å². The highest BCUT2D eigenvalue weighted by molar-refractivity contribution is 7.09. The molecule has 0 radical (unpaired) electrons. The van der Waals surface area contributed by atoms with Gasteiger partial charge in [0, 0.05) is 42.8 Å². The highest BCUT2D eigenvalue weighted by atomic mass is 32.1. The number of rotatable bonds is 2. The van der Waals surface area contributed by atoms with E-state index < -0.39 is 5.60 Å². The Labute approximate surface area is 152 Å². The Bertz CT molecular complexity index is 726. The van der Waals surface area contributed by atoms with E-state index in [4.69, 9.17) is 4.74 Å². The van der Waals surface area contributed by atoms with Crippen molar-refractivity contribution < 1.29 is 9.53 Å². The second kappa shape index (κ2) is 7.00. The molecule has 1 atom stereocenters. The molecule has 2 aromatic rings. The molecule has 7 heteroatoms. The molecule has 1 aliphatic heterocycles. The van der Waals surface area contributed by atoms with Crippen LogP contribution in [0.1, 0.15) is 27.7 Å². The smallest absolute Gasteiger partial charge is 0.410 e. The molecule has 0 aliphatic carbocycles. The maximum absolute atomic E-state index is 12.3. The molecule has 0 bridgehead atoms. The van der Waals surface area contributed by atoms with Crippen molar-refractivity contribution in [2.75, 3.05) is 24.5 Å². The first-order valence-electron chi connectivity index (χ1n) is 8.47. The van der Waals surface area contributed by atoms with Crippen LogP contribution in [0.5, 0.6) is 0 Å². The summed E-state index contributed by atoms with van der Waals surface area (Å²) in [6.45, 7) is 9.77. The number of hydrogen-bond donors (Lipinski definition) is 0. The summed E-state index contributed by atoms with van der Waals surface area (Å²) in [7, 11) is 0. The third-order valence-corrected chi connectivity index (χ3v) is 4.75. The van der Waals surface area contributed by atoms with E-state index >= 15 is 0 Å². The van der Waals surface area contributed by atoms with Gasteiger partial charge in [-0.05, 0) is 27.7 Å². The molecule has 2 heterocycles. The quantitative estimate of drug-likeness (QED) is 0.818. The second-order valence-corrected chi connectivity index (χ2v) is 7.97. The highest BCUT2D eigenvalue weighted by Gasteiger charge is 2.31. The molecule has 1 aromatic heterocycles. The first kappa shape index (κ1) is 17.7. The lowest BCUT2D eigenvalue weighted by Crippen LogP contribution is -2.55. The van der Waals surface area contributed by atoms with Gasteiger partial charge in [0.2, 0.25) is 5.13 Å². The van der Waals surface area contributed by atoms with Crippen LogP contribution in [0.4, 0.5) is 9.93 Å². The van der Waals surface area contributed by atoms with E-state index in [1.54, 1.807) is 4.90 Å². The Morgan fingerprint density at radius 2 is 1.96 bits per heavy atom. The van der Waals surface area contributed by atoms with Crippen LogP contribution >= 0.6 is 11.5 Å². The number of piperazine rings is 1. The number of carbonyl (C=O) groups is 1. The van der Waals surface area contributed by atoms with Crippen molar-refractivity contribution >= 4 is 22.8 Å². The lowest BCUT2D eigenvalue weighted by atomic mass is 10.2. The summed E-state index contributed by atoms with van der Waals surface area (Å²) in [5.41, 5.74) is 0.544. The lowest BCUT2D eigenvalue weighted by Gasteiger charge is -2.39. The van der Waals surface area contributed by atoms with Crippen LogP contribution in [-0.4, -0.2) is 51.6 Å². The first-order chi connectivity index (χ1) is 11.8. The first-order valence-corrected chi connectivity index (χ1v) is 9.24. The van der Waals surface area contributed by atoms with Crippen molar-refractivity contribution in [2.24, 2.45) is 0 Å². The molecule has 3 rings (SSSR count). The molecule has 0 saturated carbocycles. The standard InChI is InChI=1S/C18H24N4O2S/c1-13-12-21(10-11-22(13)17(23)24-18(2,3)4)16-19-15(20-25-16)14-8-6-5-7-9-14/h5-9,13H,10-12H2,1-4H3/t13-/m1/s1. The van der Waals surface area contributed by atoms with E-state index in [0.29, 0.717) is 6.54 Å². The fourth-order valence-electron chi connectivity index (χ4n) is 2.77. The van der Waals surface area contributed by atoms with Crippen LogP contribution in [0.2, 0.25) is 0 Å². The van der Waals surface area contributed by atoms with E-state index in [1.807, 2.05) is 58.0 Å². The van der Waals surface area contributed by atoms with Gasteiger partial charge in [-0.2, -0.15) is 9.36 Å². The number of anilines is 1. The van der Waals surface area contributed by atoms with Gasteiger partial charge in [0.25, 0.3) is 0 Å². The van der Waals surface area contributed by atoms with Gasteiger partial charge >= 0.3 is 6.09 Å². The van der Waals surface area contributed by atoms with Crippen molar-refractivity contribution in [3.8, 4) is 11.4 Å². The summed E-state index contributed by atoms with van der Waals surface area (Å²) < 4.78 is 9.97. The predicted molar refractivity (Wildman–Crippen MR) is 100.0 cm³/mol. The number of benzene rings is 1. The topological polar surface area (TPSA) is 58.6 Å². The van der Waals surface area contributed by atoms with Crippen LogP contribution in [0, 0.1) is 0 Å². The maximum atomic E-state index is 12.3. The summed E-state index contributed by atoms with van der Waals surface area (Å²) in [5.74, 6) is 0.753. The average molecular weight is 360 g/mol. The van der Waals surface area contributed by atoms with Crippen LogP contribution in [0.25, 0.3) is 11.4 Å². The number of ether oxygens (including phenoxy) is 1. The second-order valence-electron chi connectivity index (χ2n) is 7.24. The van der Waals surface area contributed by atoms with Crippen molar-refractivity contribution in [1.82, 2.24) is 14.3 Å². The summed E-state index contributed by atoms with van der Waals surface area (Å²) >= 11 is 1.40. The summed E-state index contributed by atoms with van der Waals surface area (Å²) in [6, 6.07) is 10.0. The zero-order valence-corrected chi connectivity index (χ0v) is 15.9. The SMILES string of the molecule is C[C@@H]1CN(c2nc(-c3ccccc3)ns2)CCN1C(=O)OC(C)(C)C. The van der Waals surface area contributed by atoms with E-state index in [9.17, 15) is 4.79 Å². The van der Waals surface area contributed by atoms with Crippen molar-refractivity contribution in [3.63, 3.8) is 0 Å². The fourth-order valence-corrected chi connectivity index (χ4v) is 3.49. The van der Waals surface area contributed by atoms with Crippen LogP contribution in [-0.2, 0) is 4.74 Å². The largest absolute Gasteiger partial charge is 0.444 e. The van der Waals surface area contributed by atoms with Crippen molar-refractivity contribution in [2.45, 2.75) is 39.3 Å². The molecule has 0 spiro atoms. The minimum Gasteiger partial charge on any atom is -0.444 e. The predicted octanol–water partition coefficient (Wildman–Crippen LogP) is 3.65. The van der Waals surface area contributed by atoms with Gasteiger partial charge in [-0.3, -0.25) is 0 Å². The number of amides is 1. The number of carbonyl (C=O) groups excluding carboxylic acids is 1. The molecule has 1 amide bonds. The molecule has 1 aliphatic rings. The minimum atomic E-state index is -0.474. The number of hydrogen-bond acceptors (Lipinski definition) is 6. The molecule has 134 valence electrons. The Hall–Kier alpha value is -2.15. The third kappa shape index (κ3) is 4.28. The Morgan fingerprint density at radius 3 is 2.60 bits per heavy atom. The van der Waals surface area contributed by atoms with E-state index in [1.165, 1.54) is 11.5 Å². The lowest BCUT2D eigenvalue weighted by molar-refractivity contribution is 0.0159. The molecule has 1 aromatic carbocycles. The van der Waals surface area contributed by atoms with Gasteiger partial charge in [-0.25, -0.2) is 4.79 Å². The summed E-state index contributed by atoms with van der Waals surface area (Å²) in [6.07, 6.45) is -0.248. The zero-order chi connectivity index (χ0) is 18.0. The van der Waals surface area contributed by atoms with Crippen molar-refractivity contribution in [1.29, 1.82) is 0 Å². The maximum Gasteiger partial charge on any atom is 0.410 e. The zero-order valence-electron chi connectivity index (χ0n) is 15.1. The Kier molecular flexibility index (Phi) is 4.94. The molecule has 0 unspecified atom stereocenters. The fraction of sp³-hybridized carbons (Fsp3) is 0.500. The Morgan fingerprint density at radius 1 is 1.24 bits per heavy atom. The number of nitrogens with zero attached hydrogens (tertiary/aromatic N) is 4. The molecule has 1 saturated heterocycles. The van der Waals surface area contributed by atoms with Crippen molar-refractivity contribution in [3.05, 3.63) is 30.3 Å². The van der Waals surface area contributed by atoms with Crippen LogP contribution in [0.15, 0.2) is 30.3 Å². The van der Waals surface area contributed by atoms with Gasteiger partial charge in [0.15, 0.2) is 5.82 Å². The molecule has 25 heavy (non-hydrogen) atoms. The van der Waals surface area contributed by atoms with Gasteiger partial charge in [-0.1, -0.05) is 30.3 Å². The van der Waals surface area contributed by atoms with Crippen LogP contribution < -0.4 is 4.90 Å². The van der Waals surface area contributed by atoms with Gasteiger partial charge in [0.1, 0.15) is 5.60 Å². The molecular weight excluding hydrogens is 336 g/mol.